The first-order chi connectivity index (χ1) is 6.24. The molecule has 1 aromatic carbocycles. The van der Waals surface area contributed by atoms with Crippen LogP contribution in [-0.4, -0.2) is 10.3 Å². The van der Waals surface area contributed by atoms with Crippen molar-refractivity contribution in [2.75, 3.05) is 5.33 Å². The van der Waals surface area contributed by atoms with E-state index in [2.05, 4.69) is 27.8 Å². The van der Waals surface area contributed by atoms with Gasteiger partial charge in [-0.2, -0.15) is 0 Å². The van der Waals surface area contributed by atoms with E-state index in [4.69, 9.17) is 0 Å². The van der Waals surface area contributed by atoms with Crippen molar-refractivity contribution in [2.45, 2.75) is 0 Å². The molecule has 0 aliphatic carbocycles. The Balaban J connectivity index is 2.87. The Bertz CT molecular complexity index is 361. The third kappa shape index (κ3) is 2.88. The van der Waals surface area contributed by atoms with Crippen molar-refractivity contribution in [1.29, 1.82) is 0 Å². The van der Waals surface area contributed by atoms with Crippen molar-refractivity contribution in [1.82, 2.24) is 0 Å². The highest BCUT2D eigenvalue weighted by atomic mass is 79.9. The normalized spacial score (nSPS) is 8.69. The Morgan fingerprint density at radius 2 is 2.00 bits per heavy atom. The fourth-order valence-electron chi connectivity index (χ4n) is 0.802. The number of nitrogens with zero attached hydrogens (tertiary/aromatic N) is 1. The number of rotatable bonds is 1. The van der Waals surface area contributed by atoms with Gasteiger partial charge in [0.2, 0.25) is 0 Å². The average Bonchev–Trinajstić information content (AvgIpc) is 2.15. The Morgan fingerprint density at radius 3 is 2.46 bits per heavy atom. The average molecular weight is 240 g/mol. The summed E-state index contributed by atoms with van der Waals surface area (Å²) in [5.41, 5.74) is 0.870. The molecule has 0 saturated carbocycles. The van der Waals surface area contributed by atoms with Crippen LogP contribution in [0.3, 0.4) is 0 Å². The van der Waals surface area contributed by atoms with E-state index in [9.17, 15) is 10.1 Å². The molecule has 13 heavy (non-hydrogen) atoms. The SMILES string of the molecule is O=[N+]([O-])c1ccc(C#CCBr)cc1. The smallest absolute Gasteiger partial charge is 0.258 e. The summed E-state index contributed by atoms with van der Waals surface area (Å²) in [6, 6.07) is 6.15. The maximum atomic E-state index is 10.3. The van der Waals surface area contributed by atoms with Crippen molar-refractivity contribution in [2.24, 2.45) is 0 Å². The zero-order chi connectivity index (χ0) is 9.68. The van der Waals surface area contributed by atoms with Gasteiger partial charge in [-0.25, -0.2) is 0 Å². The number of nitro benzene ring substituents is 1. The molecule has 66 valence electrons. The number of hydrogen-bond donors (Lipinski definition) is 0. The summed E-state index contributed by atoms with van der Waals surface area (Å²) in [6.07, 6.45) is 0. The second-order valence-electron chi connectivity index (χ2n) is 2.24. The topological polar surface area (TPSA) is 43.1 Å². The van der Waals surface area contributed by atoms with Gasteiger partial charge in [0.05, 0.1) is 10.3 Å². The van der Waals surface area contributed by atoms with Crippen LogP contribution in [0, 0.1) is 22.0 Å². The van der Waals surface area contributed by atoms with E-state index < -0.39 is 4.92 Å². The molecule has 0 aliphatic heterocycles. The van der Waals surface area contributed by atoms with Crippen LogP contribution in [0.5, 0.6) is 0 Å². The van der Waals surface area contributed by atoms with Crippen LogP contribution < -0.4 is 0 Å². The van der Waals surface area contributed by atoms with Crippen molar-refractivity contribution >= 4 is 21.6 Å². The molecule has 0 unspecified atom stereocenters. The van der Waals surface area contributed by atoms with Gasteiger partial charge >= 0.3 is 0 Å². The lowest BCUT2D eigenvalue weighted by Gasteiger charge is -1.90. The fourth-order valence-corrected chi connectivity index (χ4v) is 0.942. The number of non-ortho nitro benzene ring substituents is 1. The first-order valence-corrected chi connectivity index (χ1v) is 4.65. The van der Waals surface area contributed by atoms with Gasteiger partial charge in [0.25, 0.3) is 5.69 Å². The molecule has 1 rings (SSSR count). The van der Waals surface area contributed by atoms with Gasteiger partial charge < -0.3 is 0 Å². The first kappa shape index (κ1) is 9.75. The van der Waals surface area contributed by atoms with Gasteiger partial charge in [-0.15, -0.1) is 0 Å². The van der Waals surface area contributed by atoms with E-state index in [-0.39, 0.29) is 5.69 Å². The van der Waals surface area contributed by atoms with E-state index in [0.29, 0.717) is 5.33 Å². The summed E-state index contributed by atoms with van der Waals surface area (Å²) in [5.74, 6) is 5.65. The predicted molar refractivity (Wildman–Crippen MR) is 53.8 cm³/mol. The van der Waals surface area contributed by atoms with Crippen molar-refractivity contribution in [3.63, 3.8) is 0 Å². The molecule has 0 fully saturated rings. The molecular weight excluding hydrogens is 234 g/mol. The number of alkyl halides is 1. The minimum Gasteiger partial charge on any atom is -0.258 e. The molecular formula is C9H6BrNO2. The van der Waals surface area contributed by atoms with Crippen LogP contribution in [0.15, 0.2) is 24.3 Å². The molecule has 0 N–H and O–H groups in total. The fraction of sp³-hybridized carbons (Fsp3) is 0.111. The summed E-state index contributed by atoms with van der Waals surface area (Å²) in [5, 5.41) is 10.9. The molecule has 3 nitrogen and oxygen atoms in total. The van der Waals surface area contributed by atoms with Crippen LogP contribution in [0.25, 0.3) is 0 Å². The lowest BCUT2D eigenvalue weighted by Crippen LogP contribution is -1.86. The summed E-state index contributed by atoms with van der Waals surface area (Å²) in [4.78, 5) is 9.86. The van der Waals surface area contributed by atoms with E-state index in [1.165, 1.54) is 12.1 Å². The van der Waals surface area contributed by atoms with Gasteiger partial charge in [0.1, 0.15) is 0 Å². The highest BCUT2D eigenvalue weighted by molar-refractivity contribution is 9.09. The molecule has 0 spiro atoms. The first-order valence-electron chi connectivity index (χ1n) is 3.53. The number of nitro groups is 1. The molecule has 0 atom stereocenters. The van der Waals surface area contributed by atoms with Gasteiger partial charge in [-0.05, 0) is 12.1 Å². The van der Waals surface area contributed by atoms with Crippen LogP contribution in [0.1, 0.15) is 5.56 Å². The lowest BCUT2D eigenvalue weighted by atomic mass is 10.2. The minimum atomic E-state index is -0.429. The highest BCUT2D eigenvalue weighted by Crippen LogP contribution is 2.10. The Hall–Kier alpha value is -1.34. The summed E-state index contributed by atoms with van der Waals surface area (Å²) in [7, 11) is 0. The summed E-state index contributed by atoms with van der Waals surface area (Å²) >= 11 is 3.16. The van der Waals surface area contributed by atoms with Gasteiger partial charge in [0.15, 0.2) is 0 Å². The van der Waals surface area contributed by atoms with Crippen LogP contribution >= 0.6 is 15.9 Å². The quantitative estimate of drug-likeness (QED) is 0.327. The monoisotopic (exact) mass is 239 g/mol. The lowest BCUT2D eigenvalue weighted by molar-refractivity contribution is -0.384. The number of benzene rings is 1. The molecule has 4 heteroatoms. The van der Waals surface area contributed by atoms with Crippen LogP contribution in [0.4, 0.5) is 5.69 Å². The summed E-state index contributed by atoms with van der Waals surface area (Å²) < 4.78 is 0. The Labute approximate surface area is 84.0 Å². The number of halogens is 1. The standard InChI is InChI=1S/C9H6BrNO2/c10-7-1-2-8-3-5-9(6-4-8)11(12)13/h3-6H,7H2. The van der Waals surface area contributed by atoms with E-state index in [1.807, 2.05) is 0 Å². The molecule has 1 aromatic rings. The summed E-state index contributed by atoms with van der Waals surface area (Å²) in [6.45, 7) is 0. The molecule has 0 amide bonds. The molecule has 0 saturated heterocycles. The zero-order valence-corrected chi connectivity index (χ0v) is 8.24. The Kier molecular flexibility index (Phi) is 3.47. The predicted octanol–water partition coefficient (Wildman–Crippen LogP) is 2.34. The second-order valence-corrected chi connectivity index (χ2v) is 2.80. The third-order valence-electron chi connectivity index (χ3n) is 1.38. The third-order valence-corrected chi connectivity index (χ3v) is 1.66. The Morgan fingerprint density at radius 1 is 1.38 bits per heavy atom. The molecule has 0 heterocycles. The van der Waals surface area contributed by atoms with Crippen molar-refractivity contribution in [3.8, 4) is 11.8 Å². The van der Waals surface area contributed by atoms with Gasteiger partial charge in [0, 0.05) is 17.7 Å². The van der Waals surface area contributed by atoms with E-state index >= 15 is 0 Å². The second kappa shape index (κ2) is 4.63. The molecule has 0 bridgehead atoms. The van der Waals surface area contributed by atoms with Gasteiger partial charge in [-0.1, -0.05) is 27.8 Å². The molecule has 0 aliphatic rings. The largest absolute Gasteiger partial charge is 0.269 e. The maximum Gasteiger partial charge on any atom is 0.269 e. The highest BCUT2D eigenvalue weighted by Gasteiger charge is 2.01. The van der Waals surface area contributed by atoms with Crippen molar-refractivity contribution < 1.29 is 4.92 Å². The van der Waals surface area contributed by atoms with E-state index in [0.717, 1.165) is 5.56 Å². The minimum absolute atomic E-state index is 0.0874. The molecule has 0 aromatic heterocycles. The zero-order valence-electron chi connectivity index (χ0n) is 6.66. The van der Waals surface area contributed by atoms with Crippen LogP contribution in [-0.2, 0) is 0 Å². The maximum absolute atomic E-state index is 10.3. The molecule has 0 radical (unpaired) electrons. The van der Waals surface area contributed by atoms with Crippen LogP contribution in [0.2, 0.25) is 0 Å². The van der Waals surface area contributed by atoms with Crippen molar-refractivity contribution in [3.05, 3.63) is 39.9 Å². The van der Waals surface area contributed by atoms with Gasteiger partial charge in [-0.3, -0.25) is 10.1 Å². The van der Waals surface area contributed by atoms with E-state index in [1.54, 1.807) is 12.1 Å². The number of hydrogen-bond acceptors (Lipinski definition) is 2.